The molecule has 1 atom stereocenters. The van der Waals surface area contributed by atoms with Crippen LogP contribution in [0.5, 0.6) is 0 Å². The summed E-state index contributed by atoms with van der Waals surface area (Å²) in [5.41, 5.74) is 1.10. The zero-order valence-corrected chi connectivity index (χ0v) is 14.1. The van der Waals surface area contributed by atoms with Gasteiger partial charge in [-0.25, -0.2) is 0 Å². The van der Waals surface area contributed by atoms with Crippen LogP contribution in [0.15, 0.2) is 29.0 Å². The van der Waals surface area contributed by atoms with E-state index in [1.807, 2.05) is 26.0 Å². The standard InChI is InChI=1S/C18H25N3O2/c1-18(2,17-14-8-11-23-15(14)7-9-19-17)20-16(22)12-13-6-4-5-10-21(13)3/h7-9,11,13H,4-6,10,12H2,1-3H3,(H,20,22)/t13-/m0/s1. The van der Waals surface area contributed by atoms with Crippen molar-refractivity contribution in [2.45, 2.75) is 51.1 Å². The van der Waals surface area contributed by atoms with Crippen LogP contribution < -0.4 is 5.32 Å². The molecule has 0 aliphatic carbocycles. The zero-order valence-electron chi connectivity index (χ0n) is 14.1. The first-order valence-corrected chi connectivity index (χ1v) is 8.31. The van der Waals surface area contributed by atoms with Crippen LogP contribution in [-0.4, -0.2) is 35.4 Å². The molecule has 124 valence electrons. The van der Waals surface area contributed by atoms with Crippen LogP contribution in [0.3, 0.4) is 0 Å². The Morgan fingerprint density at radius 1 is 1.43 bits per heavy atom. The van der Waals surface area contributed by atoms with Crippen LogP contribution in [-0.2, 0) is 10.3 Å². The minimum Gasteiger partial charge on any atom is -0.464 e. The average Bonchev–Trinajstić information content (AvgIpc) is 2.97. The summed E-state index contributed by atoms with van der Waals surface area (Å²) >= 11 is 0. The van der Waals surface area contributed by atoms with Gasteiger partial charge in [0.2, 0.25) is 5.91 Å². The van der Waals surface area contributed by atoms with Crippen molar-refractivity contribution < 1.29 is 9.21 Å². The lowest BCUT2D eigenvalue weighted by molar-refractivity contribution is -0.124. The molecule has 5 heteroatoms. The topological polar surface area (TPSA) is 58.4 Å². The molecule has 1 saturated heterocycles. The van der Waals surface area contributed by atoms with E-state index in [1.54, 1.807) is 12.5 Å². The van der Waals surface area contributed by atoms with Gasteiger partial charge in [0.1, 0.15) is 5.58 Å². The van der Waals surface area contributed by atoms with E-state index in [-0.39, 0.29) is 5.91 Å². The van der Waals surface area contributed by atoms with Gasteiger partial charge in [-0.05, 0) is 52.4 Å². The molecule has 1 amide bonds. The van der Waals surface area contributed by atoms with Gasteiger partial charge in [0, 0.05) is 24.0 Å². The molecule has 3 heterocycles. The van der Waals surface area contributed by atoms with E-state index in [1.165, 1.54) is 12.8 Å². The second-order valence-corrected chi connectivity index (χ2v) is 7.00. The third-order valence-corrected chi connectivity index (χ3v) is 4.77. The fourth-order valence-corrected chi connectivity index (χ4v) is 3.47. The molecule has 0 saturated carbocycles. The van der Waals surface area contributed by atoms with Crippen molar-refractivity contribution in [2.75, 3.05) is 13.6 Å². The highest BCUT2D eigenvalue weighted by atomic mass is 16.3. The summed E-state index contributed by atoms with van der Waals surface area (Å²) in [6, 6.07) is 4.09. The molecule has 0 unspecified atom stereocenters. The van der Waals surface area contributed by atoms with Crippen LogP contribution in [0.4, 0.5) is 0 Å². The third kappa shape index (κ3) is 3.39. The number of likely N-dealkylation sites (tertiary alicyclic amines) is 1. The van der Waals surface area contributed by atoms with Crippen molar-refractivity contribution >= 4 is 16.9 Å². The molecule has 1 N–H and O–H groups in total. The van der Waals surface area contributed by atoms with Crippen LogP contribution in [0.2, 0.25) is 0 Å². The van der Waals surface area contributed by atoms with E-state index in [4.69, 9.17) is 4.42 Å². The fourth-order valence-electron chi connectivity index (χ4n) is 3.47. The van der Waals surface area contributed by atoms with E-state index in [0.29, 0.717) is 12.5 Å². The number of piperidine rings is 1. The number of rotatable bonds is 4. The molecule has 5 nitrogen and oxygen atoms in total. The predicted molar refractivity (Wildman–Crippen MR) is 90.1 cm³/mol. The largest absolute Gasteiger partial charge is 0.464 e. The lowest BCUT2D eigenvalue weighted by Crippen LogP contribution is -2.45. The molecule has 2 aromatic rings. The van der Waals surface area contributed by atoms with Crippen molar-refractivity contribution in [3.8, 4) is 0 Å². The monoisotopic (exact) mass is 315 g/mol. The molecule has 0 aromatic carbocycles. The maximum absolute atomic E-state index is 12.5. The highest BCUT2D eigenvalue weighted by molar-refractivity contribution is 5.82. The first-order chi connectivity index (χ1) is 11.0. The summed E-state index contributed by atoms with van der Waals surface area (Å²) in [5.74, 6) is 0.0797. The predicted octanol–water partition coefficient (Wildman–Crippen LogP) is 3.05. The SMILES string of the molecule is CN1CCCC[C@H]1CC(=O)NC(C)(C)c1nccc2occc12. The summed E-state index contributed by atoms with van der Waals surface area (Å²) in [6.07, 6.45) is 7.46. The molecule has 1 aliphatic heterocycles. The van der Waals surface area contributed by atoms with Crippen LogP contribution in [0.1, 0.15) is 45.2 Å². The normalized spacial score (nSPS) is 19.9. The minimum atomic E-state index is -0.534. The second-order valence-electron chi connectivity index (χ2n) is 7.00. The second kappa shape index (κ2) is 6.32. The number of carbonyl (C=O) groups excluding carboxylic acids is 1. The molecule has 0 radical (unpaired) electrons. The van der Waals surface area contributed by atoms with E-state index in [0.717, 1.165) is 29.6 Å². The van der Waals surface area contributed by atoms with Gasteiger partial charge in [-0.2, -0.15) is 0 Å². The Morgan fingerprint density at radius 3 is 3.04 bits per heavy atom. The molecular weight excluding hydrogens is 290 g/mol. The van der Waals surface area contributed by atoms with Crippen molar-refractivity contribution in [3.05, 3.63) is 30.3 Å². The maximum Gasteiger partial charge on any atom is 0.222 e. The summed E-state index contributed by atoms with van der Waals surface area (Å²) in [6.45, 7) is 5.06. The van der Waals surface area contributed by atoms with Gasteiger partial charge in [-0.3, -0.25) is 9.78 Å². The van der Waals surface area contributed by atoms with Crippen LogP contribution in [0, 0.1) is 0 Å². The Kier molecular flexibility index (Phi) is 4.39. The Morgan fingerprint density at radius 2 is 2.26 bits per heavy atom. The van der Waals surface area contributed by atoms with E-state index < -0.39 is 5.54 Å². The lowest BCUT2D eigenvalue weighted by Gasteiger charge is -2.33. The van der Waals surface area contributed by atoms with Crippen molar-refractivity contribution in [2.24, 2.45) is 0 Å². The number of pyridine rings is 1. The lowest BCUT2D eigenvalue weighted by atomic mass is 9.95. The summed E-state index contributed by atoms with van der Waals surface area (Å²) in [4.78, 5) is 19.3. The first-order valence-electron chi connectivity index (χ1n) is 8.31. The highest BCUT2D eigenvalue weighted by Crippen LogP contribution is 2.27. The Balaban J connectivity index is 1.72. The number of hydrogen-bond donors (Lipinski definition) is 1. The number of carbonyl (C=O) groups is 1. The summed E-state index contributed by atoms with van der Waals surface area (Å²) in [7, 11) is 2.11. The zero-order chi connectivity index (χ0) is 16.4. The molecule has 0 spiro atoms. The number of amides is 1. The quantitative estimate of drug-likeness (QED) is 0.942. The van der Waals surface area contributed by atoms with Gasteiger partial charge >= 0.3 is 0 Å². The fraction of sp³-hybridized carbons (Fsp3) is 0.556. The molecule has 1 aliphatic rings. The van der Waals surface area contributed by atoms with Gasteiger partial charge in [0.15, 0.2) is 0 Å². The van der Waals surface area contributed by atoms with Crippen molar-refractivity contribution in [3.63, 3.8) is 0 Å². The van der Waals surface area contributed by atoms with Gasteiger partial charge < -0.3 is 14.6 Å². The van der Waals surface area contributed by atoms with Gasteiger partial charge in [-0.15, -0.1) is 0 Å². The molecule has 3 rings (SSSR count). The summed E-state index contributed by atoms with van der Waals surface area (Å²) in [5, 5.41) is 4.10. The van der Waals surface area contributed by atoms with Crippen molar-refractivity contribution in [1.82, 2.24) is 15.2 Å². The van der Waals surface area contributed by atoms with Gasteiger partial charge in [0.25, 0.3) is 0 Å². The number of nitrogens with zero attached hydrogens (tertiary/aromatic N) is 2. The number of hydrogen-bond acceptors (Lipinski definition) is 4. The smallest absolute Gasteiger partial charge is 0.222 e. The van der Waals surface area contributed by atoms with Gasteiger partial charge in [0.05, 0.1) is 17.5 Å². The molecule has 1 fully saturated rings. The number of aromatic nitrogens is 1. The van der Waals surface area contributed by atoms with E-state index >= 15 is 0 Å². The van der Waals surface area contributed by atoms with Crippen molar-refractivity contribution in [1.29, 1.82) is 0 Å². The first kappa shape index (κ1) is 16.0. The van der Waals surface area contributed by atoms with E-state index in [2.05, 4.69) is 22.2 Å². The number of fused-ring (bicyclic) bond motifs is 1. The minimum absolute atomic E-state index is 0.0797. The van der Waals surface area contributed by atoms with Gasteiger partial charge in [-0.1, -0.05) is 6.42 Å². The molecular formula is C18H25N3O2. The average molecular weight is 315 g/mol. The number of nitrogens with one attached hydrogen (secondary N) is 1. The Hall–Kier alpha value is -1.88. The number of furan rings is 1. The maximum atomic E-state index is 12.5. The molecule has 0 bridgehead atoms. The highest BCUT2D eigenvalue weighted by Gasteiger charge is 2.29. The summed E-state index contributed by atoms with van der Waals surface area (Å²) < 4.78 is 5.43. The Labute approximate surface area is 137 Å². The van der Waals surface area contributed by atoms with Crippen LogP contribution in [0.25, 0.3) is 11.0 Å². The van der Waals surface area contributed by atoms with E-state index in [9.17, 15) is 4.79 Å². The molecule has 2 aromatic heterocycles. The Bertz CT molecular complexity index is 692. The van der Waals surface area contributed by atoms with Crippen LogP contribution >= 0.6 is 0 Å². The molecule has 23 heavy (non-hydrogen) atoms. The third-order valence-electron chi connectivity index (χ3n) is 4.77.